The molecular formula is C20H25F3N2O4S. The lowest BCUT2D eigenvalue weighted by Crippen LogP contribution is -2.42. The molecule has 3 rings (SSSR count). The molecule has 2 atom stereocenters. The quantitative estimate of drug-likeness (QED) is 0.732. The lowest BCUT2D eigenvalue weighted by Gasteiger charge is -2.37. The summed E-state index contributed by atoms with van der Waals surface area (Å²) in [5, 5.41) is 12.7. The van der Waals surface area contributed by atoms with Crippen LogP contribution in [0.4, 0.5) is 13.2 Å². The summed E-state index contributed by atoms with van der Waals surface area (Å²) in [6.45, 7) is 3.37. The van der Waals surface area contributed by atoms with Gasteiger partial charge in [-0.05, 0) is 56.9 Å². The summed E-state index contributed by atoms with van der Waals surface area (Å²) in [5.74, 6) is 0. The number of rotatable bonds is 6. The van der Waals surface area contributed by atoms with Crippen LogP contribution in [0.5, 0.6) is 0 Å². The van der Waals surface area contributed by atoms with E-state index in [-0.39, 0.29) is 49.6 Å². The van der Waals surface area contributed by atoms with Crippen LogP contribution in [0.2, 0.25) is 0 Å². The lowest BCUT2D eigenvalue weighted by molar-refractivity contribution is -0.141. The molecule has 1 saturated heterocycles. The SMILES string of the molecule is Cc1cccc(S(=O)(=O)C2(C)CCOC(c3cc(C(F)(F)F)nn3CCCO)C2)c1. The van der Waals surface area contributed by atoms with E-state index in [4.69, 9.17) is 9.84 Å². The molecule has 0 aliphatic carbocycles. The van der Waals surface area contributed by atoms with Crippen molar-refractivity contribution < 1.29 is 31.4 Å². The van der Waals surface area contributed by atoms with Gasteiger partial charge in [-0.15, -0.1) is 0 Å². The van der Waals surface area contributed by atoms with Crippen molar-refractivity contribution in [3.8, 4) is 0 Å². The van der Waals surface area contributed by atoms with Crippen molar-refractivity contribution in [2.75, 3.05) is 13.2 Å². The molecule has 0 spiro atoms. The molecule has 1 fully saturated rings. The van der Waals surface area contributed by atoms with Gasteiger partial charge in [0.15, 0.2) is 15.5 Å². The lowest BCUT2D eigenvalue weighted by atomic mass is 9.94. The Labute approximate surface area is 173 Å². The van der Waals surface area contributed by atoms with E-state index < -0.39 is 32.6 Å². The molecule has 0 radical (unpaired) electrons. The third kappa shape index (κ3) is 4.40. The van der Waals surface area contributed by atoms with E-state index in [1.54, 1.807) is 32.0 Å². The van der Waals surface area contributed by atoms with Crippen molar-refractivity contribution in [2.24, 2.45) is 0 Å². The largest absolute Gasteiger partial charge is 0.435 e. The molecule has 2 aromatic rings. The van der Waals surface area contributed by atoms with Crippen molar-refractivity contribution in [3.05, 3.63) is 47.3 Å². The van der Waals surface area contributed by atoms with Gasteiger partial charge in [0.25, 0.3) is 0 Å². The number of halogens is 3. The van der Waals surface area contributed by atoms with Gasteiger partial charge in [0.05, 0.1) is 15.3 Å². The van der Waals surface area contributed by atoms with Gasteiger partial charge < -0.3 is 9.84 Å². The Morgan fingerprint density at radius 2 is 2.07 bits per heavy atom. The fraction of sp³-hybridized carbons (Fsp3) is 0.550. The van der Waals surface area contributed by atoms with Gasteiger partial charge >= 0.3 is 6.18 Å². The molecule has 0 amide bonds. The molecule has 0 bridgehead atoms. The molecule has 2 unspecified atom stereocenters. The number of benzene rings is 1. The maximum atomic E-state index is 13.4. The molecule has 10 heteroatoms. The van der Waals surface area contributed by atoms with E-state index >= 15 is 0 Å². The summed E-state index contributed by atoms with van der Waals surface area (Å²) < 4.78 is 72.0. The Morgan fingerprint density at radius 1 is 1.33 bits per heavy atom. The maximum absolute atomic E-state index is 13.4. The van der Waals surface area contributed by atoms with E-state index in [2.05, 4.69) is 5.10 Å². The van der Waals surface area contributed by atoms with E-state index in [0.29, 0.717) is 0 Å². The average Bonchev–Trinajstić information content (AvgIpc) is 3.11. The number of ether oxygens (including phenoxy) is 1. The van der Waals surface area contributed by atoms with Crippen molar-refractivity contribution in [1.29, 1.82) is 0 Å². The summed E-state index contributed by atoms with van der Waals surface area (Å²) >= 11 is 0. The standard InChI is InChI=1S/C20H25F3N2O4S/c1-14-5-3-6-15(11-14)30(27,28)19(2)7-10-29-17(13-19)16-12-18(20(21,22)23)24-25(16)8-4-9-26/h3,5-6,11-12,17,26H,4,7-10,13H2,1-2H3. The normalized spacial score (nSPS) is 22.9. The molecular weight excluding hydrogens is 421 g/mol. The van der Waals surface area contributed by atoms with Gasteiger partial charge in [0, 0.05) is 19.8 Å². The number of aliphatic hydroxyl groups is 1. The number of aryl methyl sites for hydroxylation is 2. The number of aromatic nitrogens is 2. The molecule has 1 aliphatic heterocycles. The minimum Gasteiger partial charge on any atom is -0.396 e. The number of sulfone groups is 1. The highest BCUT2D eigenvalue weighted by Gasteiger charge is 2.46. The van der Waals surface area contributed by atoms with Gasteiger partial charge in [0.1, 0.15) is 6.10 Å². The maximum Gasteiger partial charge on any atom is 0.435 e. The molecule has 1 aliphatic rings. The molecule has 6 nitrogen and oxygen atoms in total. The number of hydrogen-bond acceptors (Lipinski definition) is 5. The van der Waals surface area contributed by atoms with Crippen molar-refractivity contribution in [2.45, 2.75) is 61.6 Å². The zero-order chi connectivity index (χ0) is 22.2. The second-order valence-electron chi connectivity index (χ2n) is 7.84. The van der Waals surface area contributed by atoms with E-state index in [9.17, 15) is 21.6 Å². The fourth-order valence-corrected chi connectivity index (χ4v) is 5.59. The van der Waals surface area contributed by atoms with Gasteiger partial charge in [0.2, 0.25) is 0 Å². The smallest absolute Gasteiger partial charge is 0.396 e. The molecule has 166 valence electrons. The number of alkyl halides is 3. The predicted octanol–water partition coefficient (Wildman–Crippen LogP) is 3.68. The first-order valence-corrected chi connectivity index (χ1v) is 11.1. The molecule has 2 heterocycles. The van der Waals surface area contributed by atoms with Crippen molar-refractivity contribution in [3.63, 3.8) is 0 Å². The first-order chi connectivity index (χ1) is 14.0. The summed E-state index contributed by atoms with van der Waals surface area (Å²) in [6, 6.07) is 7.51. The first-order valence-electron chi connectivity index (χ1n) is 9.67. The number of nitrogens with zero attached hydrogens (tertiary/aromatic N) is 2. The Balaban J connectivity index is 1.96. The average molecular weight is 446 g/mol. The van der Waals surface area contributed by atoms with Gasteiger partial charge in [-0.2, -0.15) is 18.3 Å². The Morgan fingerprint density at radius 3 is 2.70 bits per heavy atom. The number of hydrogen-bond donors (Lipinski definition) is 1. The molecule has 1 N–H and O–H groups in total. The van der Waals surface area contributed by atoms with Gasteiger partial charge in [-0.25, -0.2) is 8.42 Å². The molecule has 0 saturated carbocycles. The Bertz CT molecular complexity index is 1000. The van der Waals surface area contributed by atoms with Crippen molar-refractivity contribution in [1.82, 2.24) is 9.78 Å². The van der Waals surface area contributed by atoms with E-state index in [1.807, 2.05) is 0 Å². The van der Waals surface area contributed by atoms with Crippen LogP contribution in [-0.2, 0) is 27.3 Å². The minimum absolute atomic E-state index is 0.00535. The van der Waals surface area contributed by atoms with Crippen molar-refractivity contribution >= 4 is 9.84 Å². The van der Waals surface area contributed by atoms with Crippen LogP contribution in [-0.4, -0.2) is 41.3 Å². The summed E-state index contributed by atoms with van der Waals surface area (Å²) in [7, 11) is -3.75. The van der Waals surface area contributed by atoms with Gasteiger partial charge in [-0.1, -0.05) is 12.1 Å². The summed E-state index contributed by atoms with van der Waals surface area (Å²) in [4.78, 5) is 0.190. The highest BCUT2D eigenvalue weighted by Crippen LogP contribution is 2.43. The zero-order valence-electron chi connectivity index (χ0n) is 16.8. The van der Waals surface area contributed by atoms with Crippen LogP contribution in [0.25, 0.3) is 0 Å². The highest BCUT2D eigenvalue weighted by molar-refractivity contribution is 7.92. The minimum atomic E-state index is -4.63. The Hall–Kier alpha value is -1.91. The first kappa shape index (κ1) is 22.8. The molecule has 1 aromatic carbocycles. The topological polar surface area (TPSA) is 81.4 Å². The summed E-state index contributed by atoms with van der Waals surface area (Å²) in [6.07, 6.45) is -5.03. The van der Waals surface area contributed by atoms with Crippen LogP contribution in [0.1, 0.15) is 49.2 Å². The second kappa shape index (κ2) is 8.32. The molecule has 1 aromatic heterocycles. The monoisotopic (exact) mass is 446 g/mol. The van der Waals surface area contributed by atoms with E-state index in [1.165, 1.54) is 6.07 Å². The van der Waals surface area contributed by atoms with Crippen LogP contribution < -0.4 is 0 Å². The predicted molar refractivity (Wildman–Crippen MR) is 104 cm³/mol. The van der Waals surface area contributed by atoms with Crippen LogP contribution in [0, 0.1) is 6.92 Å². The fourth-order valence-electron chi connectivity index (χ4n) is 3.70. The summed E-state index contributed by atoms with van der Waals surface area (Å²) in [5.41, 5.74) is -0.0887. The zero-order valence-corrected chi connectivity index (χ0v) is 17.6. The Kier molecular flexibility index (Phi) is 6.31. The third-order valence-electron chi connectivity index (χ3n) is 5.48. The van der Waals surface area contributed by atoms with Gasteiger partial charge in [-0.3, -0.25) is 4.68 Å². The van der Waals surface area contributed by atoms with Crippen LogP contribution in [0.15, 0.2) is 35.2 Å². The number of aliphatic hydroxyl groups excluding tert-OH is 1. The third-order valence-corrected chi connectivity index (χ3v) is 8.02. The highest BCUT2D eigenvalue weighted by atomic mass is 32.2. The van der Waals surface area contributed by atoms with E-state index in [0.717, 1.165) is 16.3 Å². The second-order valence-corrected chi connectivity index (χ2v) is 10.3. The van der Waals surface area contributed by atoms with Crippen LogP contribution >= 0.6 is 0 Å². The molecule has 30 heavy (non-hydrogen) atoms. The van der Waals surface area contributed by atoms with Crippen LogP contribution in [0.3, 0.4) is 0 Å².